The summed E-state index contributed by atoms with van der Waals surface area (Å²) >= 11 is 0. The van der Waals surface area contributed by atoms with Crippen LogP contribution in [-0.4, -0.2) is 37.6 Å². The Morgan fingerprint density at radius 3 is 2.46 bits per heavy atom. The van der Waals surface area contributed by atoms with Crippen molar-refractivity contribution in [3.63, 3.8) is 0 Å². The molecule has 0 aliphatic carbocycles. The smallest absolute Gasteiger partial charge is 0.257 e. The molecule has 0 fully saturated rings. The van der Waals surface area contributed by atoms with E-state index in [-0.39, 0.29) is 11.3 Å². The largest absolute Gasteiger partial charge is 0.496 e. The highest BCUT2D eigenvalue weighted by atomic mass is 16.5. The van der Waals surface area contributed by atoms with E-state index in [9.17, 15) is 14.7 Å². The third-order valence-electron chi connectivity index (χ3n) is 4.23. The van der Waals surface area contributed by atoms with E-state index in [1.165, 1.54) is 20.3 Å². The van der Waals surface area contributed by atoms with Crippen molar-refractivity contribution in [2.45, 2.75) is 11.7 Å². The minimum absolute atomic E-state index is 0.205. The van der Waals surface area contributed by atoms with Crippen molar-refractivity contribution in [3.8, 4) is 5.75 Å². The zero-order valence-electron chi connectivity index (χ0n) is 13.3. The molecule has 1 amide bonds. The highest BCUT2D eigenvalue weighted by molar-refractivity contribution is 6.01. The molecule has 124 valence electrons. The number of carbonyl (C=O) groups is 2. The number of methoxy groups -OCH3 is 2. The third-order valence-corrected chi connectivity index (χ3v) is 4.23. The van der Waals surface area contributed by atoms with Gasteiger partial charge in [-0.3, -0.25) is 9.59 Å². The first-order valence-corrected chi connectivity index (χ1v) is 7.36. The molecule has 3 rings (SSSR count). The van der Waals surface area contributed by atoms with Gasteiger partial charge in [0.2, 0.25) is 0 Å². The van der Waals surface area contributed by atoms with Crippen LogP contribution in [0.15, 0.2) is 42.5 Å². The van der Waals surface area contributed by atoms with Gasteiger partial charge in [0.15, 0.2) is 18.0 Å². The lowest BCUT2D eigenvalue weighted by atomic mass is 9.77. The topological polar surface area (TPSA) is 84.9 Å². The Morgan fingerprint density at radius 2 is 1.88 bits per heavy atom. The fourth-order valence-corrected chi connectivity index (χ4v) is 3.18. The van der Waals surface area contributed by atoms with E-state index in [1.54, 1.807) is 36.4 Å². The number of fused-ring (bicyclic) bond motifs is 1. The van der Waals surface area contributed by atoms with E-state index in [0.29, 0.717) is 23.1 Å². The van der Waals surface area contributed by atoms with E-state index >= 15 is 0 Å². The van der Waals surface area contributed by atoms with Crippen molar-refractivity contribution in [2.75, 3.05) is 19.5 Å². The van der Waals surface area contributed by atoms with Crippen LogP contribution in [0.2, 0.25) is 0 Å². The number of hydrogen-bond donors (Lipinski definition) is 2. The first kappa shape index (κ1) is 16.2. The van der Waals surface area contributed by atoms with Gasteiger partial charge < -0.3 is 19.9 Å². The SMILES string of the molecule is COc1c(C=O)ccc2c1[C@@](O)(c1ccccc1)[C@H](OC)C(=O)N2. The number of anilines is 1. The molecule has 24 heavy (non-hydrogen) atoms. The predicted octanol–water partition coefficient (Wildman–Crippen LogP) is 1.71. The monoisotopic (exact) mass is 327 g/mol. The van der Waals surface area contributed by atoms with Crippen molar-refractivity contribution < 1.29 is 24.2 Å². The highest BCUT2D eigenvalue weighted by Gasteiger charge is 2.51. The molecule has 1 aliphatic heterocycles. The number of hydrogen-bond acceptors (Lipinski definition) is 5. The molecule has 6 heteroatoms. The maximum absolute atomic E-state index is 12.4. The lowest BCUT2D eigenvalue weighted by molar-refractivity contribution is -0.142. The van der Waals surface area contributed by atoms with E-state index in [0.717, 1.165) is 0 Å². The van der Waals surface area contributed by atoms with Gasteiger partial charge in [-0.25, -0.2) is 0 Å². The minimum Gasteiger partial charge on any atom is -0.496 e. The van der Waals surface area contributed by atoms with Gasteiger partial charge in [0.25, 0.3) is 5.91 Å². The van der Waals surface area contributed by atoms with Crippen LogP contribution in [0.1, 0.15) is 21.5 Å². The number of aldehydes is 1. The Morgan fingerprint density at radius 1 is 1.17 bits per heavy atom. The van der Waals surface area contributed by atoms with Crippen LogP contribution < -0.4 is 10.1 Å². The minimum atomic E-state index is -1.79. The standard InChI is InChI=1S/C18H17NO5/c1-23-15-11(10-20)8-9-13-14(15)18(22,12-6-4-3-5-7-12)16(24-2)17(21)19-13/h3-10,16,22H,1-2H3,(H,19,21)/t16-,18+/m1/s1. The molecule has 0 saturated heterocycles. The van der Waals surface area contributed by atoms with Gasteiger partial charge in [-0.1, -0.05) is 30.3 Å². The Labute approximate surface area is 139 Å². The summed E-state index contributed by atoms with van der Waals surface area (Å²) in [6.07, 6.45) is -0.550. The van der Waals surface area contributed by atoms with Crippen LogP contribution in [0, 0.1) is 0 Å². The van der Waals surface area contributed by atoms with Gasteiger partial charge in [-0.05, 0) is 17.7 Å². The van der Waals surface area contributed by atoms with Gasteiger partial charge >= 0.3 is 0 Å². The summed E-state index contributed by atoms with van der Waals surface area (Å²) in [4.78, 5) is 23.8. The lowest BCUT2D eigenvalue weighted by Gasteiger charge is -2.41. The van der Waals surface area contributed by atoms with Crippen molar-refractivity contribution in [1.29, 1.82) is 0 Å². The first-order chi connectivity index (χ1) is 11.6. The van der Waals surface area contributed by atoms with Crippen LogP contribution >= 0.6 is 0 Å². The summed E-state index contributed by atoms with van der Waals surface area (Å²) in [6, 6.07) is 11.8. The summed E-state index contributed by atoms with van der Waals surface area (Å²) in [5, 5.41) is 14.3. The molecule has 0 spiro atoms. The van der Waals surface area contributed by atoms with Crippen molar-refractivity contribution in [3.05, 3.63) is 59.2 Å². The van der Waals surface area contributed by atoms with Gasteiger partial charge in [-0.2, -0.15) is 0 Å². The van der Waals surface area contributed by atoms with E-state index in [1.807, 2.05) is 0 Å². The average molecular weight is 327 g/mol. The fraction of sp³-hybridized carbons (Fsp3) is 0.222. The van der Waals surface area contributed by atoms with Crippen molar-refractivity contribution in [2.24, 2.45) is 0 Å². The zero-order valence-corrected chi connectivity index (χ0v) is 13.3. The normalized spacial score (nSPS) is 22.5. The number of ether oxygens (including phenoxy) is 2. The lowest BCUT2D eigenvalue weighted by Crippen LogP contribution is -2.53. The Bertz CT molecular complexity index is 789. The molecule has 0 saturated carbocycles. The molecule has 2 aromatic rings. The maximum atomic E-state index is 12.4. The molecule has 1 aliphatic rings. The average Bonchev–Trinajstić information content (AvgIpc) is 2.61. The molecule has 0 bridgehead atoms. The van der Waals surface area contributed by atoms with Crippen LogP contribution in [0.25, 0.3) is 0 Å². The third kappa shape index (κ3) is 2.19. The Hall–Kier alpha value is -2.70. The number of carbonyl (C=O) groups excluding carboxylic acids is 2. The van der Waals surface area contributed by atoms with E-state index in [2.05, 4.69) is 5.32 Å². The zero-order chi connectivity index (χ0) is 17.3. The van der Waals surface area contributed by atoms with Gasteiger partial charge in [0, 0.05) is 7.11 Å². The quantitative estimate of drug-likeness (QED) is 0.835. The molecular weight excluding hydrogens is 310 g/mol. The van der Waals surface area contributed by atoms with Crippen molar-refractivity contribution in [1.82, 2.24) is 0 Å². The van der Waals surface area contributed by atoms with Crippen LogP contribution in [0.3, 0.4) is 0 Å². The number of nitrogens with one attached hydrogen (secondary N) is 1. The first-order valence-electron chi connectivity index (χ1n) is 7.36. The maximum Gasteiger partial charge on any atom is 0.257 e. The molecular formula is C18H17NO5. The number of aliphatic hydroxyl groups is 1. The van der Waals surface area contributed by atoms with Gasteiger partial charge in [-0.15, -0.1) is 0 Å². The fourth-order valence-electron chi connectivity index (χ4n) is 3.18. The summed E-state index contributed by atoms with van der Waals surface area (Å²) in [5.41, 5.74) is -0.377. The van der Waals surface area contributed by atoms with Crippen molar-refractivity contribution >= 4 is 17.9 Å². The molecule has 0 aromatic heterocycles. The molecule has 6 nitrogen and oxygen atoms in total. The highest BCUT2D eigenvalue weighted by Crippen LogP contribution is 2.47. The summed E-state index contributed by atoms with van der Waals surface area (Å²) in [6.45, 7) is 0. The molecule has 0 unspecified atom stereocenters. The number of benzene rings is 2. The second-order valence-corrected chi connectivity index (χ2v) is 5.47. The van der Waals surface area contributed by atoms with Crippen LogP contribution in [0.5, 0.6) is 5.75 Å². The van der Waals surface area contributed by atoms with Crippen LogP contribution in [-0.2, 0) is 15.1 Å². The summed E-state index contributed by atoms with van der Waals surface area (Å²) < 4.78 is 10.7. The Kier molecular flexibility index (Phi) is 4.09. The number of rotatable bonds is 4. The Balaban J connectivity index is 2.39. The molecule has 2 atom stereocenters. The second kappa shape index (κ2) is 6.07. The molecule has 2 N–H and O–H groups in total. The predicted molar refractivity (Wildman–Crippen MR) is 87.2 cm³/mol. The van der Waals surface area contributed by atoms with E-state index < -0.39 is 17.6 Å². The molecule has 2 aromatic carbocycles. The number of amides is 1. The molecule has 1 heterocycles. The summed E-state index contributed by atoms with van der Waals surface area (Å²) in [5.74, 6) is -0.270. The second-order valence-electron chi connectivity index (χ2n) is 5.47. The van der Waals surface area contributed by atoms with Crippen LogP contribution in [0.4, 0.5) is 5.69 Å². The van der Waals surface area contributed by atoms with Gasteiger partial charge in [0.05, 0.1) is 23.9 Å². The summed E-state index contributed by atoms with van der Waals surface area (Å²) in [7, 11) is 2.76. The molecule has 0 radical (unpaired) electrons. The van der Waals surface area contributed by atoms with Gasteiger partial charge in [0.1, 0.15) is 5.75 Å². The van der Waals surface area contributed by atoms with E-state index in [4.69, 9.17) is 9.47 Å².